The Hall–Kier alpha value is -2.70. The van der Waals surface area contributed by atoms with Gasteiger partial charge in [0.2, 0.25) is 0 Å². The Morgan fingerprint density at radius 2 is 2.28 bits per heavy atom. The fraction of sp³-hybridized carbons (Fsp3) is 0.444. The number of nitrogens with zero attached hydrogens (tertiary/aromatic N) is 3. The van der Waals surface area contributed by atoms with Crippen LogP contribution in [0, 0.1) is 5.92 Å². The molecule has 0 saturated carbocycles. The van der Waals surface area contributed by atoms with Crippen LogP contribution in [-0.2, 0) is 16.0 Å². The van der Waals surface area contributed by atoms with Crippen molar-refractivity contribution in [1.29, 1.82) is 0 Å². The number of esters is 1. The number of anilines is 1. The van der Waals surface area contributed by atoms with E-state index in [9.17, 15) is 9.59 Å². The lowest BCUT2D eigenvalue weighted by atomic mass is 9.98. The van der Waals surface area contributed by atoms with Crippen LogP contribution in [0.3, 0.4) is 0 Å². The molecule has 2 aromatic heterocycles. The zero-order valence-corrected chi connectivity index (χ0v) is 14.5. The van der Waals surface area contributed by atoms with E-state index in [4.69, 9.17) is 4.74 Å². The fourth-order valence-corrected chi connectivity index (χ4v) is 3.08. The number of ether oxygens (including phenoxy) is 1. The van der Waals surface area contributed by atoms with Crippen molar-refractivity contribution in [3.05, 3.63) is 40.4 Å². The molecule has 1 fully saturated rings. The van der Waals surface area contributed by atoms with E-state index in [2.05, 4.69) is 19.9 Å². The van der Waals surface area contributed by atoms with Gasteiger partial charge in [-0.2, -0.15) is 0 Å². The number of aromatic amines is 1. The molecule has 0 aliphatic carbocycles. The number of hydrogen-bond donors (Lipinski definition) is 1. The van der Waals surface area contributed by atoms with Gasteiger partial charge in [-0.25, -0.2) is 9.97 Å². The fourth-order valence-electron chi connectivity index (χ4n) is 3.08. The minimum Gasteiger partial charge on any atom is -0.469 e. The summed E-state index contributed by atoms with van der Waals surface area (Å²) >= 11 is 0. The first kappa shape index (κ1) is 17.1. The highest BCUT2D eigenvalue weighted by molar-refractivity contribution is 5.73. The number of piperidine rings is 1. The first-order valence-electron chi connectivity index (χ1n) is 8.50. The Labute approximate surface area is 146 Å². The van der Waals surface area contributed by atoms with Gasteiger partial charge < -0.3 is 14.6 Å². The van der Waals surface area contributed by atoms with E-state index in [0.717, 1.165) is 36.5 Å². The molecule has 7 nitrogen and oxygen atoms in total. The quantitative estimate of drug-likeness (QED) is 0.852. The van der Waals surface area contributed by atoms with Gasteiger partial charge >= 0.3 is 5.97 Å². The maximum absolute atomic E-state index is 11.8. The van der Waals surface area contributed by atoms with Crippen LogP contribution in [0.15, 0.2) is 29.2 Å². The average molecular weight is 342 g/mol. The number of pyridine rings is 1. The smallest absolute Gasteiger partial charge is 0.310 e. The second-order valence-corrected chi connectivity index (χ2v) is 6.15. The molecular formula is C18H22N4O3. The summed E-state index contributed by atoms with van der Waals surface area (Å²) in [4.78, 5) is 37.3. The van der Waals surface area contributed by atoms with Crippen molar-refractivity contribution < 1.29 is 9.53 Å². The molecule has 1 aliphatic rings. The molecule has 1 N–H and O–H groups in total. The lowest BCUT2D eigenvalue weighted by molar-refractivity contribution is -0.145. The third kappa shape index (κ3) is 3.87. The van der Waals surface area contributed by atoms with E-state index >= 15 is 0 Å². The van der Waals surface area contributed by atoms with Crippen molar-refractivity contribution >= 4 is 11.8 Å². The Balaban J connectivity index is 1.79. The van der Waals surface area contributed by atoms with Crippen molar-refractivity contribution in [3.63, 3.8) is 0 Å². The van der Waals surface area contributed by atoms with Crippen molar-refractivity contribution in [2.75, 3.05) is 25.1 Å². The van der Waals surface area contributed by atoms with Gasteiger partial charge in [0.15, 0.2) is 0 Å². The zero-order chi connectivity index (χ0) is 17.8. The minimum atomic E-state index is -0.167. The van der Waals surface area contributed by atoms with Gasteiger partial charge in [-0.1, -0.05) is 6.92 Å². The Bertz CT molecular complexity index is 801. The highest BCUT2D eigenvalue weighted by Crippen LogP contribution is 2.24. The number of rotatable bonds is 4. The van der Waals surface area contributed by atoms with Crippen molar-refractivity contribution in [2.45, 2.75) is 26.2 Å². The van der Waals surface area contributed by atoms with E-state index in [1.807, 2.05) is 19.1 Å². The summed E-state index contributed by atoms with van der Waals surface area (Å²) < 4.78 is 4.86. The van der Waals surface area contributed by atoms with E-state index in [1.54, 1.807) is 6.20 Å². The number of carbonyl (C=O) groups is 1. The normalized spacial score (nSPS) is 17.4. The Morgan fingerprint density at radius 3 is 2.96 bits per heavy atom. The molecule has 132 valence electrons. The maximum atomic E-state index is 11.8. The van der Waals surface area contributed by atoms with Crippen molar-refractivity contribution in [2.24, 2.45) is 5.92 Å². The number of hydrogen-bond acceptors (Lipinski definition) is 6. The van der Waals surface area contributed by atoms with E-state index in [-0.39, 0.29) is 17.4 Å². The number of aryl methyl sites for hydroxylation is 1. The van der Waals surface area contributed by atoms with Gasteiger partial charge in [0, 0.05) is 36.6 Å². The Kier molecular flexibility index (Phi) is 5.11. The van der Waals surface area contributed by atoms with Crippen LogP contribution in [0.25, 0.3) is 11.4 Å². The highest BCUT2D eigenvalue weighted by atomic mass is 16.5. The average Bonchev–Trinajstić information content (AvgIpc) is 2.67. The van der Waals surface area contributed by atoms with Crippen LogP contribution >= 0.6 is 0 Å². The summed E-state index contributed by atoms with van der Waals surface area (Å²) in [7, 11) is 1.42. The molecule has 3 rings (SSSR count). The predicted molar refractivity (Wildman–Crippen MR) is 94.4 cm³/mol. The van der Waals surface area contributed by atoms with Gasteiger partial charge in [-0.3, -0.25) is 9.59 Å². The molecule has 7 heteroatoms. The highest BCUT2D eigenvalue weighted by Gasteiger charge is 2.27. The van der Waals surface area contributed by atoms with Crippen LogP contribution in [0.5, 0.6) is 0 Å². The first-order valence-corrected chi connectivity index (χ1v) is 8.50. The molecule has 0 aromatic carbocycles. The molecule has 3 heterocycles. The maximum Gasteiger partial charge on any atom is 0.310 e. The van der Waals surface area contributed by atoms with Crippen LogP contribution in [0.2, 0.25) is 0 Å². The molecule has 0 radical (unpaired) electrons. The number of aromatic nitrogens is 3. The Morgan fingerprint density at radius 1 is 1.44 bits per heavy atom. The number of carbonyl (C=O) groups excluding carboxylic acids is 1. The molecule has 0 spiro atoms. The molecule has 0 bridgehead atoms. The first-order chi connectivity index (χ1) is 12.1. The van der Waals surface area contributed by atoms with Crippen LogP contribution < -0.4 is 10.5 Å². The van der Waals surface area contributed by atoms with Gasteiger partial charge in [-0.05, 0) is 31.4 Å². The molecule has 1 atom stereocenters. The second-order valence-electron chi connectivity index (χ2n) is 6.15. The predicted octanol–water partition coefficient (Wildman–Crippen LogP) is 1.78. The molecule has 0 unspecified atom stereocenters. The lowest BCUT2D eigenvalue weighted by Crippen LogP contribution is -2.39. The molecular weight excluding hydrogens is 320 g/mol. The number of nitrogens with one attached hydrogen (secondary N) is 1. The number of H-pyrrole nitrogens is 1. The standard InChI is InChI=1S/C18H22N4O3/c1-3-14-9-16(23)21-17(20-14)12-6-7-15(19-10-12)22-8-4-5-13(11-22)18(24)25-2/h6-7,9-10,13H,3-5,8,11H2,1-2H3,(H,20,21,23)/t13-/m1/s1. The molecule has 2 aromatic rings. The van der Waals surface area contributed by atoms with E-state index in [0.29, 0.717) is 18.8 Å². The third-order valence-corrected chi connectivity index (χ3v) is 4.46. The van der Waals surface area contributed by atoms with E-state index in [1.165, 1.54) is 13.2 Å². The number of methoxy groups -OCH3 is 1. The van der Waals surface area contributed by atoms with Crippen LogP contribution in [0.4, 0.5) is 5.82 Å². The van der Waals surface area contributed by atoms with E-state index < -0.39 is 0 Å². The van der Waals surface area contributed by atoms with Crippen LogP contribution in [-0.4, -0.2) is 41.1 Å². The summed E-state index contributed by atoms with van der Waals surface area (Å²) in [6.07, 6.45) is 4.17. The van der Waals surface area contributed by atoms with Crippen molar-refractivity contribution in [1.82, 2.24) is 15.0 Å². The molecule has 1 saturated heterocycles. The summed E-state index contributed by atoms with van der Waals surface area (Å²) in [5.41, 5.74) is 1.35. The second kappa shape index (κ2) is 7.46. The van der Waals surface area contributed by atoms with Gasteiger partial charge in [0.05, 0.1) is 13.0 Å². The summed E-state index contributed by atoms with van der Waals surface area (Å²) in [6.45, 7) is 3.43. The van der Waals surface area contributed by atoms with Gasteiger partial charge in [-0.15, -0.1) is 0 Å². The molecule has 0 amide bonds. The molecule has 1 aliphatic heterocycles. The largest absolute Gasteiger partial charge is 0.469 e. The summed E-state index contributed by atoms with van der Waals surface area (Å²) in [5.74, 6) is 1.06. The van der Waals surface area contributed by atoms with Crippen LogP contribution in [0.1, 0.15) is 25.5 Å². The summed E-state index contributed by atoms with van der Waals surface area (Å²) in [6, 6.07) is 5.29. The molecule has 25 heavy (non-hydrogen) atoms. The lowest BCUT2D eigenvalue weighted by Gasteiger charge is -2.32. The third-order valence-electron chi connectivity index (χ3n) is 4.46. The van der Waals surface area contributed by atoms with Gasteiger partial charge in [0.1, 0.15) is 11.6 Å². The monoisotopic (exact) mass is 342 g/mol. The summed E-state index contributed by atoms with van der Waals surface area (Å²) in [5, 5.41) is 0. The van der Waals surface area contributed by atoms with Gasteiger partial charge in [0.25, 0.3) is 5.56 Å². The topological polar surface area (TPSA) is 88.2 Å². The zero-order valence-electron chi connectivity index (χ0n) is 14.5. The SMILES string of the molecule is CCc1cc(=O)[nH]c(-c2ccc(N3CCC[C@@H](C(=O)OC)C3)nc2)n1. The van der Waals surface area contributed by atoms with Crippen molar-refractivity contribution in [3.8, 4) is 11.4 Å². The minimum absolute atomic E-state index is 0.112.